The second-order valence-electron chi connectivity index (χ2n) is 5.21. The molecule has 0 spiro atoms. The van der Waals surface area contributed by atoms with E-state index in [1.807, 2.05) is 26.0 Å². The van der Waals surface area contributed by atoms with Gasteiger partial charge in [0.15, 0.2) is 0 Å². The van der Waals surface area contributed by atoms with Crippen LogP contribution in [0.4, 0.5) is 0 Å². The van der Waals surface area contributed by atoms with Crippen LogP contribution >= 0.6 is 0 Å². The Morgan fingerprint density at radius 2 is 1.71 bits per heavy atom. The highest BCUT2D eigenvalue weighted by Crippen LogP contribution is 2.21. The van der Waals surface area contributed by atoms with Crippen molar-refractivity contribution in [3.8, 4) is 0 Å². The maximum Gasteiger partial charge on any atom is 0.251 e. The lowest BCUT2D eigenvalue weighted by Gasteiger charge is -2.09. The van der Waals surface area contributed by atoms with E-state index in [9.17, 15) is 4.79 Å². The second-order valence-corrected chi connectivity index (χ2v) is 5.21. The highest BCUT2D eigenvalue weighted by molar-refractivity contribution is 5.80. The van der Waals surface area contributed by atoms with Crippen molar-refractivity contribution in [1.29, 1.82) is 0 Å². The molecule has 90 valence electrons. The molecule has 2 rings (SSSR count). The normalized spacial score (nSPS) is 11.6. The van der Waals surface area contributed by atoms with Gasteiger partial charge in [-0.15, -0.1) is 0 Å². The largest absolute Gasteiger partial charge is 0.322 e. The molecule has 0 amide bonds. The van der Waals surface area contributed by atoms with E-state index >= 15 is 0 Å². The summed E-state index contributed by atoms with van der Waals surface area (Å²) in [5, 5.41) is 1.12. The second kappa shape index (κ2) is 4.36. The van der Waals surface area contributed by atoms with Gasteiger partial charge >= 0.3 is 0 Å². The summed E-state index contributed by atoms with van der Waals surface area (Å²) >= 11 is 0. The topological polar surface area (TPSA) is 32.9 Å². The molecule has 2 nitrogen and oxygen atoms in total. The summed E-state index contributed by atoms with van der Waals surface area (Å²) in [5.41, 5.74) is 3.12. The first-order chi connectivity index (χ1) is 7.99. The van der Waals surface area contributed by atoms with Gasteiger partial charge < -0.3 is 4.98 Å². The highest BCUT2D eigenvalue weighted by atomic mass is 16.1. The Balaban J connectivity index is 2.68. The molecule has 0 aliphatic carbocycles. The number of fused-ring (bicyclic) bond motifs is 1. The summed E-state index contributed by atoms with van der Waals surface area (Å²) in [6.45, 7) is 8.44. The molecule has 0 radical (unpaired) electrons. The number of aromatic nitrogens is 1. The van der Waals surface area contributed by atoms with Gasteiger partial charge in [0.2, 0.25) is 0 Å². The maximum atomic E-state index is 11.8. The van der Waals surface area contributed by atoms with Gasteiger partial charge in [0.1, 0.15) is 0 Å². The van der Waals surface area contributed by atoms with E-state index in [2.05, 4.69) is 31.0 Å². The van der Waals surface area contributed by atoms with E-state index in [1.54, 1.807) is 0 Å². The summed E-state index contributed by atoms with van der Waals surface area (Å²) in [6.07, 6.45) is 0. The SMILES string of the molecule is CC(C)c1ccc2[nH]c(=O)c(C(C)C)cc2c1. The number of rotatable bonds is 2. The van der Waals surface area contributed by atoms with Crippen LogP contribution in [0, 0.1) is 0 Å². The van der Waals surface area contributed by atoms with Crippen LogP contribution < -0.4 is 5.56 Å². The lowest BCUT2D eigenvalue weighted by atomic mass is 9.98. The van der Waals surface area contributed by atoms with E-state index < -0.39 is 0 Å². The smallest absolute Gasteiger partial charge is 0.251 e. The van der Waals surface area contributed by atoms with Gasteiger partial charge in [-0.2, -0.15) is 0 Å². The third kappa shape index (κ3) is 2.26. The highest BCUT2D eigenvalue weighted by Gasteiger charge is 2.07. The van der Waals surface area contributed by atoms with Crippen LogP contribution in [0.15, 0.2) is 29.1 Å². The van der Waals surface area contributed by atoms with E-state index in [0.29, 0.717) is 5.92 Å². The summed E-state index contributed by atoms with van der Waals surface area (Å²) in [7, 11) is 0. The van der Waals surface area contributed by atoms with Crippen LogP contribution in [-0.4, -0.2) is 4.98 Å². The fourth-order valence-electron chi connectivity index (χ4n) is 2.03. The quantitative estimate of drug-likeness (QED) is 0.835. The van der Waals surface area contributed by atoms with Gasteiger partial charge in [0, 0.05) is 11.1 Å². The first kappa shape index (κ1) is 11.9. The minimum absolute atomic E-state index is 0.0322. The zero-order valence-corrected chi connectivity index (χ0v) is 10.9. The molecule has 2 aromatic rings. The van der Waals surface area contributed by atoms with Gasteiger partial charge in [0.05, 0.1) is 0 Å². The molecule has 0 saturated carbocycles. The van der Waals surface area contributed by atoms with Crippen LogP contribution in [0.2, 0.25) is 0 Å². The van der Waals surface area contributed by atoms with E-state index in [4.69, 9.17) is 0 Å². The molecule has 0 bridgehead atoms. The summed E-state index contributed by atoms with van der Waals surface area (Å²) in [6, 6.07) is 8.26. The minimum atomic E-state index is 0.0322. The van der Waals surface area contributed by atoms with Gasteiger partial charge in [-0.1, -0.05) is 33.8 Å². The number of H-pyrrole nitrogens is 1. The average Bonchev–Trinajstić information content (AvgIpc) is 2.27. The predicted molar refractivity (Wildman–Crippen MR) is 72.7 cm³/mol. The van der Waals surface area contributed by atoms with Crippen molar-refractivity contribution in [2.24, 2.45) is 0 Å². The van der Waals surface area contributed by atoms with Crippen molar-refractivity contribution in [1.82, 2.24) is 4.98 Å². The van der Waals surface area contributed by atoms with Crippen molar-refractivity contribution in [2.75, 3.05) is 0 Å². The number of hydrogen-bond acceptors (Lipinski definition) is 1. The van der Waals surface area contributed by atoms with Gasteiger partial charge in [-0.05, 0) is 41.0 Å². The predicted octanol–water partition coefficient (Wildman–Crippen LogP) is 3.77. The first-order valence-corrected chi connectivity index (χ1v) is 6.16. The molecule has 0 aliphatic rings. The van der Waals surface area contributed by atoms with E-state index in [1.165, 1.54) is 5.56 Å². The third-order valence-corrected chi connectivity index (χ3v) is 3.19. The molecule has 17 heavy (non-hydrogen) atoms. The van der Waals surface area contributed by atoms with Gasteiger partial charge in [0.25, 0.3) is 5.56 Å². The summed E-state index contributed by atoms with van der Waals surface area (Å²) < 4.78 is 0. The van der Waals surface area contributed by atoms with Crippen molar-refractivity contribution in [3.63, 3.8) is 0 Å². The average molecular weight is 229 g/mol. The van der Waals surface area contributed by atoms with Crippen molar-refractivity contribution in [2.45, 2.75) is 39.5 Å². The molecule has 0 saturated heterocycles. The fraction of sp³-hybridized carbons (Fsp3) is 0.400. The molecular weight excluding hydrogens is 210 g/mol. The Labute approximate surface area is 102 Å². The molecule has 2 heteroatoms. The maximum absolute atomic E-state index is 11.8. The molecule has 0 aliphatic heterocycles. The minimum Gasteiger partial charge on any atom is -0.322 e. The third-order valence-electron chi connectivity index (χ3n) is 3.19. The molecule has 0 unspecified atom stereocenters. The lowest BCUT2D eigenvalue weighted by Crippen LogP contribution is -2.13. The standard InChI is InChI=1S/C15H19NO/c1-9(2)11-5-6-14-12(7-11)8-13(10(3)4)15(17)16-14/h5-10H,1-4H3,(H,16,17). The molecule has 1 aromatic heterocycles. The lowest BCUT2D eigenvalue weighted by molar-refractivity contribution is 0.847. The number of hydrogen-bond donors (Lipinski definition) is 1. The van der Waals surface area contributed by atoms with E-state index in [-0.39, 0.29) is 11.5 Å². The van der Waals surface area contributed by atoms with Crippen LogP contribution in [0.25, 0.3) is 10.9 Å². The monoisotopic (exact) mass is 229 g/mol. The molecule has 0 atom stereocenters. The molecule has 1 aromatic carbocycles. The summed E-state index contributed by atoms with van der Waals surface area (Å²) in [4.78, 5) is 14.8. The number of benzene rings is 1. The van der Waals surface area contributed by atoms with Crippen molar-refractivity contribution >= 4 is 10.9 Å². The van der Waals surface area contributed by atoms with Crippen molar-refractivity contribution in [3.05, 3.63) is 45.7 Å². The van der Waals surface area contributed by atoms with Gasteiger partial charge in [-0.25, -0.2) is 0 Å². The zero-order chi connectivity index (χ0) is 12.6. The Morgan fingerprint density at radius 1 is 1.00 bits per heavy atom. The first-order valence-electron chi connectivity index (χ1n) is 6.16. The van der Waals surface area contributed by atoms with Crippen LogP contribution in [0.1, 0.15) is 50.7 Å². The fourth-order valence-corrected chi connectivity index (χ4v) is 2.03. The van der Waals surface area contributed by atoms with Gasteiger partial charge in [-0.3, -0.25) is 4.79 Å². The Hall–Kier alpha value is -1.57. The van der Waals surface area contributed by atoms with Crippen LogP contribution in [0.5, 0.6) is 0 Å². The Bertz CT molecular complexity index is 593. The molecular formula is C15H19NO. The summed E-state index contributed by atoms with van der Waals surface area (Å²) in [5.74, 6) is 0.764. The molecule has 1 N–H and O–H groups in total. The zero-order valence-electron chi connectivity index (χ0n) is 10.9. The Morgan fingerprint density at radius 3 is 2.29 bits per heavy atom. The van der Waals surface area contributed by atoms with E-state index in [0.717, 1.165) is 16.5 Å². The van der Waals surface area contributed by atoms with Crippen LogP contribution in [0.3, 0.4) is 0 Å². The molecule has 0 fully saturated rings. The Kier molecular flexibility index (Phi) is 3.05. The van der Waals surface area contributed by atoms with Crippen LogP contribution in [-0.2, 0) is 0 Å². The number of pyridine rings is 1. The van der Waals surface area contributed by atoms with Crippen molar-refractivity contribution < 1.29 is 0 Å². The number of aromatic amines is 1. The molecule has 1 heterocycles. The number of nitrogens with one attached hydrogen (secondary N) is 1.